The van der Waals surface area contributed by atoms with E-state index >= 15 is 0 Å². The molecule has 78 valence electrons. The summed E-state index contributed by atoms with van der Waals surface area (Å²) in [5.41, 5.74) is 0. The maximum Gasteiger partial charge on any atom is 0.506 e. The molecule has 2 atom stereocenters. The molecule has 1 rings (SSSR count). The van der Waals surface area contributed by atoms with Gasteiger partial charge in [0.05, 0.1) is 0 Å². The summed E-state index contributed by atoms with van der Waals surface area (Å²) in [6.45, 7) is 0. The molecule has 0 aromatic carbocycles. The maximum absolute atomic E-state index is 10.2. The summed E-state index contributed by atoms with van der Waals surface area (Å²) in [4.78, 5) is 20.5. The highest BCUT2D eigenvalue weighted by molar-refractivity contribution is 5.58. The van der Waals surface area contributed by atoms with E-state index in [-0.39, 0.29) is 0 Å². The normalized spacial score (nSPS) is 25.4. The van der Waals surface area contributed by atoms with Crippen LogP contribution in [0.15, 0.2) is 12.2 Å². The third-order valence-electron chi connectivity index (χ3n) is 1.80. The first-order valence-corrected chi connectivity index (χ1v) is 4.05. The van der Waals surface area contributed by atoms with Crippen LogP contribution in [0.2, 0.25) is 0 Å². The van der Waals surface area contributed by atoms with E-state index in [1.165, 1.54) is 6.08 Å². The molecule has 1 aliphatic carbocycles. The molecule has 0 aromatic rings. The van der Waals surface area contributed by atoms with Crippen LogP contribution in [0.25, 0.3) is 0 Å². The number of carbonyl (C=O) groups is 2. The standard InChI is InChI=1S/C8H10O6/c9-7(10)13-5-3-1-2-4-6(5)14-8(11)12/h1,3,5-6H,2,4H2,(H,9,10)(H,11,12). The Morgan fingerprint density at radius 3 is 2.43 bits per heavy atom. The Kier molecular flexibility index (Phi) is 3.33. The van der Waals surface area contributed by atoms with E-state index in [1.807, 2.05) is 0 Å². The Hall–Kier alpha value is -1.72. The average molecular weight is 202 g/mol. The molecule has 0 amide bonds. The van der Waals surface area contributed by atoms with Crippen LogP contribution < -0.4 is 0 Å². The average Bonchev–Trinajstić information content (AvgIpc) is 2.06. The van der Waals surface area contributed by atoms with Crippen LogP contribution in [-0.4, -0.2) is 34.7 Å². The molecular weight excluding hydrogens is 192 g/mol. The second kappa shape index (κ2) is 4.50. The Morgan fingerprint density at radius 1 is 1.21 bits per heavy atom. The van der Waals surface area contributed by atoms with Gasteiger partial charge in [-0.05, 0) is 18.9 Å². The van der Waals surface area contributed by atoms with Crippen LogP contribution in [0, 0.1) is 0 Å². The summed E-state index contributed by atoms with van der Waals surface area (Å²) in [5.74, 6) is 0. The van der Waals surface area contributed by atoms with E-state index in [9.17, 15) is 9.59 Å². The lowest BCUT2D eigenvalue weighted by atomic mass is 10.0. The highest BCUT2D eigenvalue weighted by Crippen LogP contribution is 2.18. The van der Waals surface area contributed by atoms with Gasteiger partial charge in [0, 0.05) is 0 Å². The van der Waals surface area contributed by atoms with Crippen LogP contribution in [0.4, 0.5) is 9.59 Å². The van der Waals surface area contributed by atoms with E-state index in [1.54, 1.807) is 6.08 Å². The van der Waals surface area contributed by atoms with Crippen molar-refractivity contribution in [1.82, 2.24) is 0 Å². The van der Waals surface area contributed by atoms with Crippen molar-refractivity contribution < 1.29 is 29.3 Å². The first-order valence-electron chi connectivity index (χ1n) is 4.05. The van der Waals surface area contributed by atoms with Crippen LogP contribution in [0.5, 0.6) is 0 Å². The minimum Gasteiger partial charge on any atom is -0.450 e. The summed E-state index contributed by atoms with van der Waals surface area (Å²) in [6, 6.07) is 0. The van der Waals surface area contributed by atoms with Gasteiger partial charge < -0.3 is 19.7 Å². The predicted molar refractivity (Wildman–Crippen MR) is 44.2 cm³/mol. The van der Waals surface area contributed by atoms with Gasteiger partial charge in [-0.15, -0.1) is 0 Å². The van der Waals surface area contributed by atoms with Gasteiger partial charge in [-0.1, -0.05) is 6.08 Å². The summed E-state index contributed by atoms with van der Waals surface area (Å²) < 4.78 is 8.93. The van der Waals surface area contributed by atoms with Crippen LogP contribution in [0.3, 0.4) is 0 Å². The molecule has 0 radical (unpaired) electrons. The number of carboxylic acid groups (broad SMARTS) is 2. The third-order valence-corrected chi connectivity index (χ3v) is 1.80. The molecule has 0 aromatic heterocycles. The summed E-state index contributed by atoms with van der Waals surface area (Å²) in [7, 11) is 0. The fourth-order valence-electron chi connectivity index (χ4n) is 1.27. The molecule has 0 fully saturated rings. The molecule has 0 saturated heterocycles. The zero-order valence-electron chi connectivity index (χ0n) is 7.25. The Morgan fingerprint density at radius 2 is 1.86 bits per heavy atom. The van der Waals surface area contributed by atoms with Crippen molar-refractivity contribution in [2.75, 3.05) is 0 Å². The Balaban J connectivity index is 2.57. The van der Waals surface area contributed by atoms with Crippen molar-refractivity contribution in [2.24, 2.45) is 0 Å². The number of hydrogen-bond acceptors (Lipinski definition) is 4. The van der Waals surface area contributed by atoms with Crippen molar-refractivity contribution in [3.8, 4) is 0 Å². The largest absolute Gasteiger partial charge is 0.506 e. The molecule has 0 heterocycles. The zero-order chi connectivity index (χ0) is 10.6. The third kappa shape index (κ3) is 2.96. The predicted octanol–water partition coefficient (Wildman–Crippen LogP) is 1.46. The fraction of sp³-hybridized carbons (Fsp3) is 0.500. The smallest absolute Gasteiger partial charge is 0.450 e. The van der Waals surface area contributed by atoms with Crippen molar-refractivity contribution in [3.63, 3.8) is 0 Å². The van der Waals surface area contributed by atoms with Gasteiger partial charge in [-0.25, -0.2) is 9.59 Å². The first-order chi connectivity index (χ1) is 6.59. The van der Waals surface area contributed by atoms with Crippen molar-refractivity contribution in [1.29, 1.82) is 0 Å². The SMILES string of the molecule is O=C(O)OC1C=CCCC1OC(=O)O. The molecule has 0 bridgehead atoms. The Labute approximate surface area is 79.7 Å². The van der Waals surface area contributed by atoms with E-state index in [2.05, 4.69) is 9.47 Å². The van der Waals surface area contributed by atoms with Crippen molar-refractivity contribution >= 4 is 12.3 Å². The summed E-state index contributed by atoms with van der Waals surface area (Å²) >= 11 is 0. The molecular formula is C8H10O6. The fourth-order valence-corrected chi connectivity index (χ4v) is 1.27. The lowest BCUT2D eigenvalue weighted by molar-refractivity contribution is -0.0277. The van der Waals surface area contributed by atoms with Crippen LogP contribution in [-0.2, 0) is 9.47 Å². The van der Waals surface area contributed by atoms with Crippen molar-refractivity contribution in [2.45, 2.75) is 25.0 Å². The number of hydrogen-bond donors (Lipinski definition) is 2. The highest BCUT2D eigenvalue weighted by Gasteiger charge is 2.28. The zero-order valence-corrected chi connectivity index (χ0v) is 7.25. The minimum atomic E-state index is -1.44. The molecule has 1 aliphatic rings. The van der Waals surface area contributed by atoms with Gasteiger partial charge in [0.1, 0.15) is 6.10 Å². The molecule has 2 unspecified atom stereocenters. The maximum atomic E-state index is 10.2. The number of rotatable bonds is 2. The minimum absolute atomic E-state index is 0.431. The lowest BCUT2D eigenvalue weighted by Gasteiger charge is -2.24. The molecule has 0 aliphatic heterocycles. The topological polar surface area (TPSA) is 93.1 Å². The van der Waals surface area contributed by atoms with Crippen LogP contribution >= 0.6 is 0 Å². The molecule has 0 spiro atoms. The van der Waals surface area contributed by atoms with E-state index < -0.39 is 24.5 Å². The molecule has 6 nitrogen and oxygen atoms in total. The van der Waals surface area contributed by atoms with E-state index in [4.69, 9.17) is 10.2 Å². The van der Waals surface area contributed by atoms with E-state index in [0.29, 0.717) is 12.8 Å². The van der Waals surface area contributed by atoms with Gasteiger partial charge >= 0.3 is 12.3 Å². The first kappa shape index (κ1) is 10.4. The van der Waals surface area contributed by atoms with Crippen LogP contribution in [0.1, 0.15) is 12.8 Å². The second-order valence-electron chi connectivity index (χ2n) is 2.78. The van der Waals surface area contributed by atoms with Crippen molar-refractivity contribution in [3.05, 3.63) is 12.2 Å². The monoisotopic (exact) mass is 202 g/mol. The highest BCUT2D eigenvalue weighted by atomic mass is 16.7. The lowest BCUT2D eigenvalue weighted by Crippen LogP contribution is -2.34. The van der Waals surface area contributed by atoms with Gasteiger partial charge in [0.25, 0.3) is 0 Å². The second-order valence-corrected chi connectivity index (χ2v) is 2.78. The summed E-state index contributed by atoms with van der Waals surface area (Å²) in [5, 5.41) is 16.7. The Bertz CT molecular complexity index is 259. The molecule has 2 N–H and O–H groups in total. The molecule has 14 heavy (non-hydrogen) atoms. The molecule has 6 heteroatoms. The van der Waals surface area contributed by atoms with Gasteiger partial charge in [0.15, 0.2) is 6.10 Å². The molecule has 0 saturated carbocycles. The van der Waals surface area contributed by atoms with Gasteiger partial charge in [0.2, 0.25) is 0 Å². The van der Waals surface area contributed by atoms with Gasteiger partial charge in [-0.3, -0.25) is 0 Å². The van der Waals surface area contributed by atoms with E-state index in [0.717, 1.165) is 0 Å². The summed E-state index contributed by atoms with van der Waals surface area (Å²) in [6.07, 6.45) is -0.144. The number of allylic oxidation sites excluding steroid dienone is 1. The van der Waals surface area contributed by atoms with Gasteiger partial charge in [-0.2, -0.15) is 0 Å². The quantitative estimate of drug-likeness (QED) is 0.520. The number of ether oxygens (including phenoxy) is 2.